The number of carboxylic acids is 1. The number of aryl methyl sites for hydroxylation is 1. The van der Waals surface area contributed by atoms with Crippen molar-refractivity contribution in [1.82, 2.24) is 0 Å². The molecule has 0 amide bonds. The molecule has 1 atom stereocenters. The van der Waals surface area contributed by atoms with Gasteiger partial charge in [0.05, 0.1) is 0 Å². The average molecular weight is 219 g/mol. The zero-order chi connectivity index (χ0) is 12.0. The van der Waals surface area contributed by atoms with E-state index in [9.17, 15) is 9.59 Å². The lowest BCUT2D eigenvalue weighted by molar-refractivity contribution is -0.142. The van der Waals surface area contributed by atoms with Crippen LogP contribution in [-0.4, -0.2) is 22.7 Å². The van der Waals surface area contributed by atoms with Crippen molar-refractivity contribution in [2.45, 2.75) is 25.3 Å². The Hall–Kier alpha value is -1.93. The topological polar surface area (TPSA) is 66.7 Å². The Bertz CT molecular complexity index is 406. The normalized spacial score (nSPS) is 13.6. The van der Waals surface area contributed by atoms with Crippen LogP contribution in [0, 0.1) is 0 Å². The highest BCUT2D eigenvalue weighted by atomic mass is 16.4. The van der Waals surface area contributed by atoms with E-state index in [0.717, 1.165) is 5.56 Å². The minimum absolute atomic E-state index is 0.279. The van der Waals surface area contributed by atoms with Gasteiger partial charge in [-0.05, 0) is 25.3 Å². The Kier molecular flexibility index (Phi) is 3.97. The highest BCUT2D eigenvalue weighted by Gasteiger charge is 2.32. The van der Waals surface area contributed by atoms with E-state index in [1.807, 2.05) is 30.3 Å². The molecule has 16 heavy (non-hydrogen) atoms. The summed E-state index contributed by atoms with van der Waals surface area (Å²) < 4.78 is 0. The number of carbonyl (C=O) groups is 1. The van der Waals surface area contributed by atoms with Crippen LogP contribution in [0.3, 0.4) is 0 Å². The molecule has 0 fully saturated rings. The Morgan fingerprint density at radius 3 is 2.56 bits per heavy atom. The summed E-state index contributed by atoms with van der Waals surface area (Å²) in [5.74, 6) is -1.10. The molecule has 1 N–H and O–H groups in total. The first kappa shape index (κ1) is 12.1. The number of rotatable bonds is 5. The first-order valence-electron chi connectivity index (χ1n) is 4.95. The lowest BCUT2D eigenvalue weighted by Crippen LogP contribution is -2.33. The van der Waals surface area contributed by atoms with Crippen LogP contribution in [0.4, 0.5) is 0 Å². The van der Waals surface area contributed by atoms with Crippen LogP contribution in [0.1, 0.15) is 18.9 Å². The first-order valence-corrected chi connectivity index (χ1v) is 4.95. The second-order valence-corrected chi connectivity index (χ2v) is 3.77. The van der Waals surface area contributed by atoms with Gasteiger partial charge in [-0.2, -0.15) is 4.99 Å². The minimum Gasteiger partial charge on any atom is -0.479 e. The van der Waals surface area contributed by atoms with Gasteiger partial charge in [0, 0.05) is 0 Å². The van der Waals surface area contributed by atoms with Gasteiger partial charge in [0.15, 0.2) is 5.54 Å². The van der Waals surface area contributed by atoms with Crippen molar-refractivity contribution in [3.63, 3.8) is 0 Å². The Morgan fingerprint density at radius 2 is 2.06 bits per heavy atom. The molecule has 0 aliphatic heterocycles. The van der Waals surface area contributed by atoms with Crippen LogP contribution < -0.4 is 0 Å². The number of hydrogen-bond acceptors (Lipinski definition) is 3. The van der Waals surface area contributed by atoms with Crippen LogP contribution in [0.15, 0.2) is 35.3 Å². The molecule has 0 radical (unpaired) electrons. The van der Waals surface area contributed by atoms with E-state index in [-0.39, 0.29) is 6.42 Å². The summed E-state index contributed by atoms with van der Waals surface area (Å²) in [7, 11) is 0. The Labute approximate surface area is 93.6 Å². The lowest BCUT2D eigenvalue weighted by Gasteiger charge is -2.17. The van der Waals surface area contributed by atoms with Gasteiger partial charge >= 0.3 is 5.97 Å². The first-order chi connectivity index (χ1) is 7.58. The van der Waals surface area contributed by atoms with Crippen molar-refractivity contribution in [3.05, 3.63) is 35.9 Å². The van der Waals surface area contributed by atoms with Gasteiger partial charge < -0.3 is 5.11 Å². The molecule has 0 aliphatic rings. The quantitative estimate of drug-likeness (QED) is 0.606. The van der Waals surface area contributed by atoms with Gasteiger partial charge in [-0.1, -0.05) is 30.3 Å². The molecular weight excluding hydrogens is 206 g/mol. The molecule has 4 nitrogen and oxygen atoms in total. The van der Waals surface area contributed by atoms with Gasteiger partial charge in [-0.15, -0.1) is 0 Å². The summed E-state index contributed by atoms with van der Waals surface area (Å²) in [5.41, 5.74) is -0.353. The van der Waals surface area contributed by atoms with Crippen LogP contribution in [-0.2, 0) is 16.0 Å². The summed E-state index contributed by atoms with van der Waals surface area (Å²) in [6.45, 7) is 1.42. The average Bonchev–Trinajstić information content (AvgIpc) is 2.28. The van der Waals surface area contributed by atoms with E-state index in [1.54, 1.807) is 0 Å². The summed E-state index contributed by atoms with van der Waals surface area (Å²) in [4.78, 5) is 24.5. The van der Waals surface area contributed by atoms with Crippen LogP contribution >= 0.6 is 0 Å². The largest absolute Gasteiger partial charge is 0.479 e. The Morgan fingerprint density at radius 1 is 1.44 bits per heavy atom. The standard InChI is InChI=1S/C12H13NO3/c1-12(11(15)16,13-9-14)8-7-10-5-3-2-4-6-10/h2-6H,7-8H2,1H3,(H,15,16). The van der Waals surface area contributed by atoms with Crippen molar-refractivity contribution >= 4 is 12.0 Å². The van der Waals surface area contributed by atoms with Crippen LogP contribution in [0.25, 0.3) is 0 Å². The third-order valence-electron chi connectivity index (χ3n) is 2.50. The highest BCUT2D eigenvalue weighted by molar-refractivity contribution is 5.79. The lowest BCUT2D eigenvalue weighted by atomic mass is 9.94. The van der Waals surface area contributed by atoms with E-state index >= 15 is 0 Å². The van der Waals surface area contributed by atoms with Crippen LogP contribution in [0.2, 0.25) is 0 Å². The van der Waals surface area contributed by atoms with Gasteiger partial charge in [-0.25, -0.2) is 9.59 Å². The maximum absolute atomic E-state index is 11.0. The maximum Gasteiger partial charge on any atom is 0.332 e. The number of carboxylic acid groups (broad SMARTS) is 1. The predicted octanol–water partition coefficient (Wildman–Crippen LogP) is 1.80. The number of benzene rings is 1. The fraction of sp³-hybridized carbons (Fsp3) is 0.333. The molecule has 0 aliphatic carbocycles. The number of carbonyl (C=O) groups excluding carboxylic acids is 1. The fourth-order valence-corrected chi connectivity index (χ4v) is 1.34. The van der Waals surface area contributed by atoms with E-state index in [4.69, 9.17) is 5.11 Å². The summed E-state index contributed by atoms with van der Waals surface area (Å²) in [5, 5.41) is 8.97. The highest BCUT2D eigenvalue weighted by Crippen LogP contribution is 2.18. The van der Waals surface area contributed by atoms with Crippen molar-refractivity contribution < 1.29 is 14.7 Å². The van der Waals surface area contributed by atoms with E-state index in [2.05, 4.69) is 4.99 Å². The molecule has 0 saturated heterocycles. The zero-order valence-electron chi connectivity index (χ0n) is 9.01. The molecule has 1 aromatic carbocycles. The third kappa shape index (κ3) is 3.04. The molecule has 0 bridgehead atoms. The summed E-state index contributed by atoms with van der Waals surface area (Å²) in [6.07, 6.45) is 2.16. The molecule has 1 rings (SSSR count). The van der Waals surface area contributed by atoms with Crippen molar-refractivity contribution in [1.29, 1.82) is 0 Å². The van der Waals surface area contributed by atoms with Crippen LogP contribution in [0.5, 0.6) is 0 Å². The number of hydrogen-bond donors (Lipinski definition) is 1. The van der Waals surface area contributed by atoms with Gasteiger partial charge in [0.2, 0.25) is 6.08 Å². The number of aliphatic imine (C=N–C) groups is 1. The predicted molar refractivity (Wildman–Crippen MR) is 58.9 cm³/mol. The molecule has 0 spiro atoms. The Balaban J connectivity index is 2.72. The van der Waals surface area contributed by atoms with Crippen molar-refractivity contribution in [2.24, 2.45) is 4.99 Å². The van der Waals surface area contributed by atoms with Crippen molar-refractivity contribution in [3.8, 4) is 0 Å². The van der Waals surface area contributed by atoms with E-state index in [0.29, 0.717) is 6.42 Å². The summed E-state index contributed by atoms with van der Waals surface area (Å²) in [6, 6.07) is 9.48. The number of aliphatic carboxylic acids is 1. The number of isocyanates is 1. The molecule has 1 unspecified atom stereocenters. The third-order valence-corrected chi connectivity index (χ3v) is 2.50. The van der Waals surface area contributed by atoms with Gasteiger partial charge in [-0.3, -0.25) is 0 Å². The molecule has 0 heterocycles. The minimum atomic E-state index is -1.38. The van der Waals surface area contributed by atoms with Gasteiger partial charge in [0.25, 0.3) is 0 Å². The van der Waals surface area contributed by atoms with Crippen molar-refractivity contribution in [2.75, 3.05) is 0 Å². The molecule has 0 saturated carbocycles. The molecule has 4 heteroatoms. The second kappa shape index (κ2) is 5.24. The molecule has 0 aromatic heterocycles. The number of nitrogens with zero attached hydrogens (tertiary/aromatic N) is 1. The van der Waals surface area contributed by atoms with Gasteiger partial charge in [0.1, 0.15) is 0 Å². The second-order valence-electron chi connectivity index (χ2n) is 3.77. The smallest absolute Gasteiger partial charge is 0.332 e. The monoisotopic (exact) mass is 219 g/mol. The summed E-state index contributed by atoms with van der Waals surface area (Å²) >= 11 is 0. The molecule has 1 aromatic rings. The fourth-order valence-electron chi connectivity index (χ4n) is 1.34. The molecular formula is C12H13NO3. The zero-order valence-corrected chi connectivity index (χ0v) is 9.01. The molecule has 84 valence electrons. The SMILES string of the molecule is CC(CCc1ccccc1)(N=C=O)C(=O)O. The van der Waals surface area contributed by atoms with E-state index in [1.165, 1.54) is 13.0 Å². The van der Waals surface area contributed by atoms with E-state index < -0.39 is 11.5 Å². The maximum atomic E-state index is 11.0.